The molecule has 3 rings (SSSR count). The van der Waals surface area contributed by atoms with Crippen LogP contribution in [0.4, 0.5) is 4.39 Å². The van der Waals surface area contributed by atoms with Crippen LogP contribution in [-0.2, 0) is 0 Å². The molecule has 144 valence electrons. The Morgan fingerprint density at radius 1 is 1.19 bits per heavy atom. The molecule has 0 unspecified atom stereocenters. The van der Waals surface area contributed by atoms with Crippen LogP contribution < -0.4 is 10.6 Å². The highest BCUT2D eigenvalue weighted by Gasteiger charge is 2.27. The minimum absolute atomic E-state index is 0.0432. The van der Waals surface area contributed by atoms with E-state index in [-0.39, 0.29) is 34.3 Å². The SMILES string of the molecule is Cc1nc(C)c(C(=O)N[C@@H]2CCC[C@@H](NC(=O)c3ccc(Cl)cc3F)C2)o1. The van der Waals surface area contributed by atoms with Crippen molar-refractivity contribution in [2.24, 2.45) is 0 Å². The molecule has 0 saturated heterocycles. The topological polar surface area (TPSA) is 84.2 Å². The standard InChI is InChI=1S/C19H21ClFN3O3/c1-10-17(27-11(2)22-10)19(26)24-14-5-3-4-13(9-14)23-18(25)15-7-6-12(20)8-16(15)21/h6-8,13-14H,3-5,9H2,1-2H3,(H,23,25)(H,24,26)/t13-,14-/m1/s1. The van der Waals surface area contributed by atoms with E-state index in [1.54, 1.807) is 13.8 Å². The van der Waals surface area contributed by atoms with E-state index in [4.69, 9.17) is 16.0 Å². The molecule has 1 heterocycles. The van der Waals surface area contributed by atoms with Gasteiger partial charge < -0.3 is 15.1 Å². The first-order chi connectivity index (χ1) is 12.8. The molecular weight excluding hydrogens is 373 g/mol. The van der Waals surface area contributed by atoms with Crippen LogP contribution in [0.1, 0.15) is 58.2 Å². The predicted molar refractivity (Wildman–Crippen MR) is 98.4 cm³/mol. The summed E-state index contributed by atoms with van der Waals surface area (Å²) in [6.07, 6.45) is 2.99. The molecule has 0 radical (unpaired) electrons. The monoisotopic (exact) mass is 393 g/mol. The molecule has 2 amide bonds. The molecule has 0 aliphatic heterocycles. The highest BCUT2D eigenvalue weighted by atomic mass is 35.5. The third-order valence-electron chi connectivity index (χ3n) is 4.63. The van der Waals surface area contributed by atoms with Crippen LogP contribution in [0.5, 0.6) is 0 Å². The summed E-state index contributed by atoms with van der Waals surface area (Å²) in [6.45, 7) is 3.40. The van der Waals surface area contributed by atoms with E-state index in [0.29, 0.717) is 18.0 Å². The second kappa shape index (κ2) is 8.08. The van der Waals surface area contributed by atoms with Crippen LogP contribution in [0.15, 0.2) is 22.6 Å². The Balaban J connectivity index is 1.60. The Labute approximate surface area is 161 Å². The molecule has 0 spiro atoms. The van der Waals surface area contributed by atoms with E-state index in [1.165, 1.54) is 12.1 Å². The molecule has 1 aromatic heterocycles. The first-order valence-corrected chi connectivity index (χ1v) is 9.22. The van der Waals surface area contributed by atoms with Gasteiger partial charge in [0, 0.05) is 24.0 Å². The van der Waals surface area contributed by atoms with Crippen molar-refractivity contribution >= 4 is 23.4 Å². The number of aromatic nitrogens is 1. The lowest BCUT2D eigenvalue weighted by atomic mass is 9.90. The average molecular weight is 394 g/mol. The zero-order valence-corrected chi connectivity index (χ0v) is 15.9. The minimum Gasteiger partial charge on any atom is -0.436 e. The maximum absolute atomic E-state index is 13.9. The number of hydrogen-bond donors (Lipinski definition) is 2. The van der Waals surface area contributed by atoms with Crippen molar-refractivity contribution in [3.8, 4) is 0 Å². The molecule has 2 aromatic rings. The Morgan fingerprint density at radius 3 is 2.44 bits per heavy atom. The second-order valence-electron chi connectivity index (χ2n) is 6.78. The van der Waals surface area contributed by atoms with E-state index in [2.05, 4.69) is 15.6 Å². The third kappa shape index (κ3) is 4.66. The van der Waals surface area contributed by atoms with Gasteiger partial charge in [-0.2, -0.15) is 0 Å². The summed E-state index contributed by atoms with van der Waals surface area (Å²) in [4.78, 5) is 28.8. The van der Waals surface area contributed by atoms with Crippen molar-refractivity contribution in [3.63, 3.8) is 0 Å². The Morgan fingerprint density at radius 2 is 1.85 bits per heavy atom. The van der Waals surface area contributed by atoms with Crippen molar-refractivity contribution in [1.29, 1.82) is 0 Å². The van der Waals surface area contributed by atoms with Gasteiger partial charge in [0.15, 0.2) is 5.89 Å². The maximum atomic E-state index is 13.9. The molecule has 0 bridgehead atoms. The van der Waals surface area contributed by atoms with E-state index in [1.807, 2.05) is 0 Å². The van der Waals surface area contributed by atoms with Gasteiger partial charge in [-0.05, 0) is 50.8 Å². The van der Waals surface area contributed by atoms with Crippen molar-refractivity contribution < 1.29 is 18.4 Å². The van der Waals surface area contributed by atoms with Gasteiger partial charge in [-0.15, -0.1) is 0 Å². The zero-order chi connectivity index (χ0) is 19.6. The number of aryl methyl sites for hydroxylation is 2. The molecule has 6 nitrogen and oxygen atoms in total. The predicted octanol–water partition coefficient (Wildman–Crippen LogP) is 3.55. The van der Waals surface area contributed by atoms with Crippen LogP contribution in [-0.4, -0.2) is 28.9 Å². The quantitative estimate of drug-likeness (QED) is 0.831. The van der Waals surface area contributed by atoms with E-state index >= 15 is 0 Å². The van der Waals surface area contributed by atoms with E-state index < -0.39 is 11.7 Å². The largest absolute Gasteiger partial charge is 0.436 e. The van der Waals surface area contributed by atoms with Crippen LogP contribution in [0.25, 0.3) is 0 Å². The van der Waals surface area contributed by atoms with Gasteiger partial charge in [-0.25, -0.2) is 9.37 Å². The van der Waals surface area contributed by atoms with Crippen LogP contribution in [0, 0.1) is 19.7 Å². The minimum atomic E-state index is -0.656. The molecule has 1 aromatic carbocycles. The van der Waals surface area contributed by atoms with Crippen LogP contribution in [0.3, 0.4) is 0 Å². The lowest BCUT2D eigenvalue weighted by Crippen LogP contribution is -2.46. The van der Waals surface area contributed by atoms with Gasteiger partial charge in [-0.1, -0.05) is 11.6 Å². The maximum Gasteiger partial charge on any atom is 0.289 e. The fourth-order valence-corrected chi connectivity index (χ4v) is 3.54. The number of nitrogens with one attached hydrogen (secondary N) is 2. The molecule has 1 aliphatic rings. The Bertz CT molecular complexity index is 868. The lowest BCUT2D eigenvalue weighted by molar-refractivity contribution is 0.0881. The zero-order valence-electron chi connectivity index (χ0n) is 15.1. The van der Waals surface area contributed by atoms with Crippen molar-refractivity contribution in [1.82, 2.24) is 15.6 Å². The summed E-state index contributed by atoms with van der Waals surface area (Å²) in [7, 11) is 0. The molecule has 27 heavy (non-hydrogen) atoms. The summed E-state index contributed by atoms with van der Waals surface area (Å²) in [5.41, 5.74) is 0.502. The number of nitrogens with zero attached hydrogens (tertiary/aromatic N) is 1. The Hall–Kier alpha value is -2.41. The highest BCUT2D eigenvalue weighted by Crippen LogP contribution is 2.21. The van der Waals surface area contributed by atoms with Crippen molar-refractivity contribution in [3.05, 3.63) is 51.9 Å². The van der Waals surface area contributed by atoms with Gasteiger partial charge in [0.2, 0.25) is 5.76 Å². The number of carbonyl (C=O) groups is 2. The first kappa shape index (κ1) is 19.4. The third-order valence-corrected chi connectivity index (χ3v) is 4.87. The summed E-state index contributed by atoms with van der Waals surface area (Å²) >= 11 is 5.72. The molecule has 2 N–H and O–H groups in total. The summed E-state index contributed by atoms with van der Waals surface area (Å²) < 4.78 is 19.3. The van der Waals surface area contributed by atoms with Gasteiger partial charge in [0.05, 0.1) is 11.3 Å². The summed E-state index contributed by atoms with van der Waals surface area (Å²) in [5.74, 6) is -0.799. The van der Waals surface area contributed by atoms with Crippen LogP contribution in [0.2, 0.25) is 5.02 Å². The number of benzene rings is 1. The summed E-state index contributed by atoms with van der Waals surface area (Å²) in [6, 6.07) is 3.71. The highest BCUT2D eigenvalue weighted by molar-refractivity contribution is 6.30. The second-order valence-corrected chi connectivity index (χ2v) is 7.22. The van der Waals surface area contributed by atoms with E-state index in [0.717, 1.165) is 25.3 Å². The van der Waals surface area contributed by atoms with Gasteiger partial charge in [0.1, 0.15) is 5.82 Å². The first-order valence-electron chi connectivity index (χ1n) is 8.84. The smallest absolute Gasteiger partial charge is 0.289 e. The summed E-state index contributed by atoms with van der Waals surface area (Å²) in [5, 5.41) is 6.02. The number of halogens is 2. The van der Waals surface area contributed by atoms with Crippen LogP contribution >= 0.6 is 11.6 Å². The normalized spacial score (nSPS) is 19.6. The molecule has 1 saturated carbocycles. The number of amides is 2. The van der Waals surface area contributed by atoms with Crippen molar-refractivity contribution in [2.75, 3.05) is 0 Å². The van der Waals surface area contributed by atoms with Gasteiger partial charge in [0.25, 0.3) is 11.8 Å². The lowest BCUT2D eigenvalue weighted by Gasteiger charge is -2.30. The molecule has 1 fully saturated rings. The molecule has 2 atom stereocenters. The number of carbonyl (C=O) groups excluding carboxylic acids is 2. The van der Waals surface area contributed by atoms with Gasteiger partial charge >= 0.3 is 0 Å². The number of rotatable bonds is 4. The van der Waals surface area contributed by atoms with E-state index in [9.17, 15) is 14.0 Å². The fourth-order valence-electron chi connectivity index (χ4n) is 3.38. The average Bonchev–Trinajstić information content (AvgIpc) is 2.93. The molecule has 1 aliphatic carbocycles. The molecule has 8 heteroatoms. The number of oxazole rings is 1. The van der Waals surface area contributed by atoms with Gasteiger partial charge in [-0.3, -0.25) is 9.59 Å². The number of hydrogen-bond acceptors (Lipinski definition) is 4. The Kier molecular flexibility index (Phi) is 5.79. The fraction of sp³-hybridized carbons (Fsp3) is 0.421. The van der Waals surface area contributed by atoms with Crippen molar-refractivity contribution in [2.45, 2.75) is 51.6 Å². The molecular formula is C19H21ClFN3O3.